The summed E-state index contributed by atoms with van der Waals surface area (Å²) in [7, 11) is 0. The smallest absolute Gasteiger partial charge is 0.251 e. The fourth-order valence-corrected chi connectivity index (χ4v) is 4.43. The van der Waals surface area contributed by atoms with Crippen molar-refractivity contribution in [1.82, 2.24) is 5.32 Å². The molecular weight excluding hydrogens is 362 g/mol. The lowest BCUT2D eigenvalue weighted by Gasteiger charge is -2.31. The van der Waals surface area contributed by atoms with E-state index >= 15 is 0 Å². The van der Waals surface area contributed by atoms with Gasteiger partial charge < -0.3 is 10.1 Å². The van der Waals surface area contributed by atoms with E-state index < -0.39 is 5.60 Å². The number of aryl methyl sites for hydroxylation is 2. The van der Waals surface area contributed by atoms with Crippen molar-refractivity contribution in [3.8, 4) is 5.75 Å². The first-order valence-corrected chi connectivity index (χ1v) is 10.6. The van der Waals surface area contributed by atoms with Gasteiger partial charge in [-0.2, -0.15) is 0 Å². The third-order valence-electron chi connectivity index (χ3n) is 6.00. The number of fused-ring (bicyclic) bond motifs is 2. The van der Waals surface area contributed by atoms with E-state index in [2.05, 4.69) is 30.4 Å². The van der Waals surface area contributed by atoms with E-state index in [1.54, 1.807) is 18.2 Å². The maximum Gasteiger partial charge on any atom is 0.251 e. The van der Waals surface area contributed by atoms with Crippen molar-refractivity contribution in [2.45, 2.75) is 70.9 Å². The van der Waals surface area contributed by atoms with Crippen LogP contribution in [0.5, 0.6) is 5.75 Å². The number of amides is 1. The zero-order chi connectivity index (χ0) is 20.6. The minimum atomic E-state index is -0.506. The maximum atomic E-state index is 12.9. The molecule has 1 N–H and O–H groups in total. The van der Waals surface area contributed by atoms with Gasteiger partial charge in [0.1, 0.15) is 11.4 Å². The van der Waals surface area contributed by atoms with Gasteiger partial charge in [0.2, 0.25) is 0 Å². The number of hydrogen-bond donors (Lipinski definition) is 1. The van der Waals surface area contributed by atoms with Crippen LogP contribution < -0.4 is 10.1 Å². The van der Waals surface area contributed by atoms with Gasteiger partial charge in [0, 0.05) is 5.56 Å². The van der Waals surface area contributed by atoms with E-state index in [1.165, 1.54) is 24.0 Å². The number of carbonyl (C=O) groups is 2. The zero-order valence-corrected chi connectivity index (χ0v) is 17.5. The minimum absolute atomic E-state index is 0.0210. The van der Waals surface area contributed by atoms with Crippen LogP contribution in [0.2, 0.25) is 0 Å². The Morgan fingerprint density at radius 2 is 1.86 bits per heavy atom. The first-order chi connectivity index (χ1) is 13.9. The van der Waals surface area contributed by atoms with E-state index in [0.717, 1.165) is 24.8 Å². The van der Waals surface area contributed by atoms with E-state index in [4.69, 9.17) is 4.74 Å². The van der Waals surface area contributed by atoms with Gasteiger partial charge >= 0.3 is 0 Å². The molecule has 0 saturated carbocycles. The summed E-state index contributed by atoms with van der Waals surface area (Å²) in [5, 5.41) is 3.15. The van der Waals surface area contributed by atoms with Crippen molar-refractivity contribution in [3.05, 3.63) is 64.2 Å². The van der Waals surface area contributed by atoms with Gasteiger partial charge in [-0.05, 0) is 80.8 Å². The standard InChI is InChI=1S/C25H29NO3/c1-4-21(18-10-9-16-7-5-6-8-17(16)13-18)26-24(28)19-11-12-23-20(14-19)22(27)15-25(2,3)29-23/h9-14,21H,4-8,15H2,1-3H3,(H,26,28). The van der Waals surface area contributed by atoms with E-state index in [0.29, 0.717) is 23.3 Å². The topological polar surface area (TPSA) is 55.4 Å². The van der Waals surface area contributed by atoms with Crippen molar-refractivity contribution in [2.75, 3.05) is 0 Å². The molecule has 1 heterocycles. The average molecular weight is 392 g/mol. The monoisotopic (exact) mass is 391 g/mol. The van der Waals surface area contributed by atoms with Crippen molar-refractivity contribution in [1.29, 1.82) is 0 Å². The molecule has 0 bridgehead atoms. The Hall–Kier alpha value is -2.62. The number of carbonyl (C=O) groups excluding carboxylic acids is 2. The molecule has 0 fully saturated rings. The predicted octanol–water partition coefficient (Wildman–Crippen LogP) is 5.19. The summed E-state index contributed by atoms with van der Waals surface area (Å²) in [5.74, 6) is 0.423. The molecule has 1 aliphatic carbocycles. The molecule has 0 radical (unpaired) electrons. The van der Waals surface area contributed by atoms with Crippen molar-refractivity contribution in [3.63, 3.8) is 0 Å². The van der Waals surface area contributed by atoms with E-state index in [9.17, 15) is 9.59 Å². The molecule has 4 nitrogen and oxygen atoms in total. The number of benzene rings is 2. The van der Waals surface area contributed by atoms with Gasteiger partial charge in [-0.25, -0.2) is 0 Å². The number of hydrogen-bond acceptors (Lipinski definition) is 3. The summed E-state index contributed by atoms with van der Waals surface area (Å²) in [5.41, 5.74) is 4.50. The minimum Gasteiger partial charge on any atom is -0.487 e. The molecule has 1 aliphatic heterocycles. The molecule has 152 valence electrons. The molecule has 4 rings (SSSR count). The Bertz CT molecular complexity index is 961. The van der Waals surface area contributed by atoms with Gasteiger partial charge in [0.25, 0.3) is 5.91 Å². The van der Waals surface area contributed by atoms with Gasteiger partial charge in [0.05, 0.1) is 18.0 Å². The summed E-state index contributed by atoms with van der Waals surface area (Å²) in [6.07, 6.45) is 5.90. The second-order valence-electron chi connectivity index (χ2n) is 8.84. The number of nitrogens with one attached hydrogen (secondary N) is 1. The lowest BCUT2D eigenvalue weighted by molar-refractivity contribution is 0.0620. The third-order valence-corrected chi connectivity index (χ3v) is 6.00. The number of Topliss-reactive ketones (excluding diaryl/α,β-unsaturated/α-hetero) is 1. The highest BCUT2D eigenvalue weighted by molar-refractivity contribution is 6.03. The normalized spacial score (nSPS) is 18.2. The SMILES string of the molecule is CCC(NC(=O)c1ccc2c(c1)C(=O)CC(C)(C)O2)c1ccc2c(c1)CCCC2. The first-order valence-electron chi connectivity index (χ1n) is 10.6. The summed E-state index contributed by atoms with van der Waals surface area (Å²) in [6.45, 7) is 5.88. The summed E-state index contributed by atoms with van der Waals surface area (Å²) in [4.78, 5) is 25.4. The lowest BCUT2D eigenvalue weighted by Crippen LogP contribution is -2.36. The van der Waals surface area contributed by atoms with Crippen LogP contribution in [0, 0.1) is 0 Å². The first kappa shape index (κ1) is 19.7. The Kier molecular flexibility index (Phi) is 5.20. The summed E-state index contributed by atoms with van der Waals surface area (Å²) >= 11 is 0. The molecule has 1 amide bonds. The molecule has 2 aromatic carbocycles. The van der Waals surface area contributed by atoms with Gasteiger partial charge in [-0.15, -0.1) is 0 Å². The molecule has 0 spiro atoms. The zero-order valence-electron chi connectivity index (χ0n) is 17.5. The van der Waals surface area contributed by atoms with Crippen molar-refractivity contribution < 1.29 is 14.3 Å². The molecule has 0 saturated heterocycles. The average Bonchev–Trinajstić information content (AvgIpc) is 2.70. The maximum absolute atomic E-state index is 12.9. The van der Waals surface area contributed by atoms with Crippen LogP contribution in [0.25, 0.3) is 0 Å². The Balaban J connectivity index is 1.54. The van der Waals surface area contributed by atoms with Crippen LogP contribution in [0.1, 0.15) is 89.9 Å². The largest absolute Gasteiger partial charge is 0.487 e. The Morgan fingerprint density at radius 1 is 1.10 bits per heavy atom. The highest BCUT2D eigenvalue weighted by atomic mass is 16.5. The summed E-state index contributed by atoms with van der Waals surface area (Å²) in [6, 6.07) is 11.7. The van der Waals surface area contributed by atoms with Crippen LogP contribution in [0.4, 0.5) is 0 Å². The quantitative estimate of drug-likeness (QED) is 0.780. The Morgan fingerprint density at radius 3 is 2.62 bits per heavy atom. The van der Waals surface area contributed by atoms with Gasteiger partial charge in [-0.1, -0.05) is 25.1 Å². The molecule has 1 unspecified atom stereocenters. The fraction of sp³-hybridized carbons (Fsp3) is 0.440. The van der Waals surface area contributed by atoms with Crippen LogP contribution in [-0.4, -0.2) is 17.3 Å². The van der Waals surface area contributed by atoms with Crippen LogP contribution in [-0.2, 0) is 12.8 Å². The molecule has 2 aliphatic rings. The summed E-state index contributed by atoms with van der Waals surface area (Å²) < 4.78 is 5.90. The van der Waals surface area contributed by atoms with Crippen LogP contribution >= 0.6 is 0 Å². The van der Waals surface area contributed by atoms with Crippen molar-refractivity contribution >= 4 is 11.7 Å². The van der Waals surface area contributed by atoms with Crippen LogP contribution in [0.3, 0.4) is 0 Å². The third kappa shape index (κ3) is 4.07. The Labute approximate surface area is 172 Å². The highest BCUT2D eigenvalue weighted by Gasteiger charge is 2.33. The van der Waals surface area contributed by atoms with E-state index in [-0.39, 0.29) is 17.7 Å². The van der Waals surface area contributed by atoms with Crippen molar-refractivity contribution in [2.24, 2.45) is 0 Å². The molecule has 2 aromatic rings. The molecule has 4 heteroatoms. The predicted molar refractivity (Wildman–Crippen MR) is 114 cm³/mol. The highest BCUT2D eigenvalue weighted by Crippen LogP contribution is 2.33. The number of ether oxygens (including phenoxy) is 1. The van der Waals surface area contributed by atoms with Gasteiger partial charge in [0.15, 0.2) is 5.78 Å². The fourth-order valence-electron chi connectivity index (χ4n) is 4.43. The van der Waals surface area contributed by atoms with Crippen LogP contribution in [0.15, 0.2) is 36.4 Å². The molecule has 1 atom stereocenters. The number of rotatable bonds is 4. The molecule has 0 aromatic heterocycles. The second kappa shape index (κ2) is 7.66. The second-order valence-corrected chi connectivity index (χ2v) is 8.84. The molecular formula is C25H29NO3. The van der Waals surface area contributed by atoms with E-state index in [1.807, 2.05) is 13.8 Å². The molecule has 29 heavy (non-hydrogen) atoms. The number of ketones is 1. The van der Waals surface area contributed by atoms with Gasteiger partial charge in [-0.3, -0.25) is 9.59 Å². The lowest BCUT2D eigenvalue weighted by atomic mass is 9.88.